The number of piperidine rings is 1. The Morgan fingerprint density at radius 1 is 1.43 bits per heavy atom. The third-order valence-corrected chi connectivity index (χ3v) is 4.20. The van der Waals surface area contributed by atoms with E-state index < -0.39 is 0 Å². The van der Waals surface area contributed by atoms with Gasteiger partial charge in [-0.3, -0.25) is 4.90 Å². The molecule has 21 heavy (non-hydrogen) atoms. The maximum Gasteiger partial charge on any atom is 0.257 e. The van der Waals surface area contributed by atoms with E-state index in [4.69, 9.17) is 10.3 Å². The molecule has 112 valence electrons. The van der Waals surface area contributed by atoms with Crippen LogP contribution in [0.1, 0.15) is 24.7 Å². The molecule has 0 radical (unpaired) electrons. The van der Waals surface area contributed by atoms with Gasteiger partial charge in [-0.15, -0.1) is 0 Å². The Labute approximate surface area is 125 Å². The second-order valence-corrected chi connectivity index (χ2v) is 6.05. The number of hydrogen-bond donors (Lipinski definition) is 1. The Morgan fingerprint density at radius 3 is 3.05 bits per heavy atom. The van der Waals surface area contributed by atoms with Crippen LogP contribution in [0.15, 0.2) is 28.8 Å². The van der Waals surface area contributed by atoms with E-state index in [-0.39, 0.29) is 6.04 Å². The Kier molecular flexibility index (Phi) is 4.03. The number of hydrogen-bond acceptors (Lipinski definition) is 5. The first-order valence-electron chi connectivity index (χ1n) is 7.49. The van der Waals surface area contributed by atoms with Gasteiger partial charge >= 0.3 is 0 Å². The van der Waals surface area contributed by atoms with Crippen molar-refractivity contribution in [2.75, 3.05) is 13.1 Å². The molecule has 3 rings (SSSR count). The van der Waals surface area contributed by atoms with Crippen molar-refractivity contribution in [3.8, 4) is 11.5 Å². The minimum Gasteiger partial charge on any atom is -0.334 e. The van der Waals surface area contributed by atoms with E-state index in [0.29, 0.717) is 18.4 Å². The van der Waals surface area contributed by atoms with Crippen LogP contribution in [0, 0.1) is 12.8 Å². The second-order valence-electron chi connectivity index (χ2n) is 6.05. The first kappa shape index (κ1) is 14.2. The quantitative estimate of drug-likeness (QED) is 0.937. The van der Waals surface area contributed by atoms with Gasteiger partial charge in [0, 0.05) is 18.2 Å². The first-order valence-corrected chi connectivity index (χ1v) is 7.49. The van der Waals surface area contributed by atoms with Gasteiger partial charge < -0.3 is 10.3 Å². The fourth-order valence-corrected chi connectivity index (χ4v) is 2.73. The molecule has 2 heterocycles. The molecule has 1 aromatic carbocycles. The minimum atomic E-state index is 0.238. The zero-order valence-electron chi connectivity index (χ0n) is 12.6. The van der Waals surface area contributed by atoms with Crippen molar-refractivity contribution in [1.29, 1.82) is 0 Å². The standard InChI is InChI=1S/C16H22N4O/c1-11-4-3-5-13(8-11)16-18-15(19-21-16)10-20-7-6-12(2)14(17)9-20/h3-5,8,12,14H,6-7,9-10,17H2,1-2H3. The average molecular weight is 286 g/mol. The molecule has 2 N–H and O–H groups in total. The predicted molar refractivity (Wildman–Crippen MR) is 81.5 cm³/mol. The lowest BCUT2D eigenvalue weighted by atomic mass is 9.94. The minimum absolute atomic E-state index is 0.238. The molecule has 0 saturated carbocycles. The summed E-state index contributed by atoms with van der Waals surface area (Å²) in [5.74, 6) is 1.91. The number of nitrogens with two attached hydrogens (primary N) is 1. The molecule has 5 nitrogen and oxygen atoms in total. The monoisotopic (exact) mass is 286 g/mol. The van der Waals surface area contributed by atoms with Gasteiger partial charge in [-0.1, -0.05) is 29.8 Å². The average Bonchev–Trinajstić information content (AvgIpc) is 2.91. The summed E-state index contributed by atoms with van der Waals surface area (Å²) in [5, 5.41) is 4.09. The summed E-state index contributed by atoms with van der Waals surface area (Å²) < 4.78 is 5.38. The Morgan fingerprint density at radius 2 is 2.29 bits per heavy atom. The molecule has 5 heteroatoms. The van der Waals surface area contributed by atoms with Crippen molar-refractivity contribution in [2.45, 2.75) is 32.9 Å². The zero-order chi connectivity index (χ0) is 14.8. The summed E-state index contributed by atoms with van der Waals surface area (Å²) in [6.07, 6.45) is 1.13. The molecular formula is C16H22N4O. The number of benzene rings is 1. The molecule has 2 aromatic rings. The molecule has 1 saturated heterocycles. The Balaban J connectivity index is 1.68. The lowest BCUT2D eigenvalue weighted by molar-refractivity contribution is 0.157. The predicted octanol–water partition coefficient (Wildman–Crippen LogP) is 2.21. The van der Waals surface area contributed by atoms with Crippen LogP contribution in [-0.4, -0.2) is 34.2 Å². The van der Waals surface area contributed by atoms with E-state index >= 15 is 0 Å². The van der Waals surface area contributed by atoms with E-state index in [1.807, 2.05) is 12.1 Å². The van der Waals surface area contributed by atoms with Crippen LogP contribution in [0.3, 0.4) is 0 Å². The molecular weight excluding hydrogens is 264 g/mol. The highest BCUT2D eigenvalue weighted by molar-refractivity contribution is 5.53. The summed E-state index contributed by atoms with van der Waals surface area (Å²) in [4.78, 5) is 6.80. The molecule has 1 aromatic heterocycles. The second kappa shape index (κ2) is 5.95. The lowest BCUT2D eigenvalue weighted by Gasteiger charge is -2.34. The molecule has 0 spiro atoms. The van der Waals surface area contributed by atoms with Crippen LogP contribution in [0.4, 0.5) is 0 Å². The number of aryl methyl sites for hydroxylation is 1. The van der Waals surface area contributed by atoms with E-state index in [9.17, 15) is 0 Å². The molecule has 2 unspecified atom stereocenters. The van der Waals surface area contributed by atoms with Gasteiger partial charge in [0.25, 0.3) is 5.89 Å². The van der Waals surface area contributed by atoms with Crippen molar-refractivity contribution in [3.63, 3.8) is 0 Å². The maximum absolute atomic E-state index is 6.13. The SMILES string of the molecule is Cc1cccc(-c2nc(CN3CCC(C)C(N)C3)no2)c1. The summed E-state index contributed by atoms with van der Waals surface area (Å²) in [5.41, 5.74) is 8.28. The summed E-state index contributed by atoms with van der Waals surface area (Å²) >= 11 is 0. The number of nitrogens with zero attached hydrogens (tertiary/aromatic N) is 3. The van der Waals surface area contributed by atoms with E-state index in [1.165, 1.54) is 5.56 Å². The topological polar surface area (TPSA) is 68.2 Å². The Bertz CT molecular complexity index is 610. The van der Waals surface area contributed by atoms with Crippen molar-refractivity contribution < 1.29 is 4.52 Å². The molecule has 1 fully saturated rings. The van der Waals surface area contributed by atoms with Crippen molar-refractivity contribution in [3.05, 3.63) is 35.7 Å². The Hall–Kier alpha value is -1.72. The highest BCUT2D eigenvalue weighted by Crippen LogP contribution is 2.20. The molecule has 1 aliphatic rings. The summed E-state index contributed by atoms with van der Waals surface area (Å²) in [6.45, 7) is 6.91. The van der Waals surface area contributed by atoms with Gasteiger partial charge in [0.1, 0.15) is 0 Å². The molecule has 2 atom stereocenters. The van der Waals surface area contributed by atoms with Gasteiger partial charge in [-0.2, -0.15) is 4.98 Å². The van der Waals surface area contributed by atoms with Crippen molar-refractivity contribution >= 4 is 0 Å². The highest BCUT2D eigenvalue weighted by atomic mass is 16.5. The molecule has 0 aliphatic carbocycles. The van der Waals surface area contributed by atoms with Crippen LogP contribution < -0.4 is 5.73 Å². The smallest absolute Gasteiger partial charge is 0.257 e. The molecule has 0 amide bonds. The van der Waals surface area contributed by atoms with Gasteiger partial charge in [0.15, 0.2) is 5.82 Å². The van der Waals surface area contributed by atoms with Crippen LogP contribution in [0.2, 0.25) is 0 Å². The van der Waals surface area contributed by atoms with Crippen LogP contribution in [-0.2, 0) is 6.54 Å². The van der Waals surface area contributed by atoms with Crippen molar-refractivity contribution in [1.82, 2.24) is 15.0 Å². The molecule has 0 bridgehead atoms. The summed E-state index contributed by atoms with van der Waals surface area (Å²) in [6, 6.07) is 8.33. The first-order chi connectivity index (χ1) is 10.1. The fourth-order valence-electron chi connectivity index (χ4n) is 2.73. The highest BCUT2D eigenvalue weighted by Gasteiger charge is 2.24. The summed E-state index contributed by atoms with van der Waals surface area (Å²) in [7, 11) is 0. The normalized spacial score (nSPS) is 23.4. The van der Waals surface area contributed by atoms with E-state index in [0.717, 1.165) is 30.9 Å². The van der Waals surface area contributed by atoms with E-state index in [1.54, 1.807) is 0 Å². The number of aromatic nitrogens is 2. The van der Waals surface area contributed by atoms with Gasteiger partial charge in [0.05, 0.1) is 6.54 Å². The third-order valence-electron chi connectivity index (χ3n) is 4.20. The van der Waals surface area contributed by atoms with Crippen LogP contribution >= 0.6 is 0 Å². The number of rotatable bonds is 3. The maximum atomic E-state index is 6.13. The van der Waals surface area contributed by atoms with Gasteiger partial charge in [-0.05, 0) is 37.9 Å². The van der Waals surface area contributed by atoms with Gasteiger partial charge in [0.2, 0.25) is 0 Å². The zero-order valence-corrected chi connectivity index (χ0v) is 12.6. The fraction of sp³-hybridized carbons (Fsp3) is 0.500. The molecule has 1 aliphatic heterocycles. The number of likely N-dealkylation sites (tertiary alicyclic amines) is 1. The third kappa shape index (κ3) is 3.31. The van der Waals surface area contributed by atoms with Gasteiger partial charge in [-0.25, -0.2) is 0 Å². The largest absolute Gasteiger partial charge is 0.334 e. The van der Waals surface area contributed by atoms with E-state index in [2.05, 4.69) is 41.0 Å². The lowest BCUT2D eigenvalue weighted by Crippen LogP contribution is -2.47. The van der Waals surface area contributed by atoms with Crippen molar-refractivity contribution in [2.24, 2.45) is 11.7 Å². The van der Waals surface area contributed by atoms with Crippen LogP contribution in [0.25, 0.3) is 11.5 Å². The van der Waals surface area contributed by atoms with Crippen LogP contribution in [0.5, 0.6) is 0 Å².